The van der Waals surface area contributed by atoms with Crippen molar-refractivity contribution in [2.75, 3.05) is 7.11 Å². The second kappa shape index (κ2) is 4.67. The molecular formula is C10H11ClFNO3. The van der Waals surface area contributed by atoms with Crippen LogP contribution in [0.4, 0.5) is 4.39 Å². The third-order valence-electron chi connectivity index (χ3n) is 2.26. The molecule has 0 aliphatic rings. The minimum absolute atomic E-state index is 0.00250. The van der Waals surface area contributed by atoms with Crippen LogP contribution in [0.5, 0.6) is 5.75 Å². The molecule has 0 bridgehead atoms. The molecular weight excluding hydrogens is 237 g/mol. The van der Waals surface area contributed by atoms with Gasteiger partial charge in [-0.1, -0.05) is 11.6 Å². The fourth-order valence-electron chi connectivity index (χ4n) is 1.42. The predicted octanol–water partition coefficient (Wildman–Crippen LogP) is 1.88. The van der Waals surface area contributed by atoms with Gasteiger partial charge in [-0.2, -0.15) is 0 Å². The van der Waals surface area contributed by atoms with Crippen LogP contribution < -0.4 is 10.5 Å². The summed E-state index contributed by atoms with van der Waals surface area (Å²) in [7, 11) is 1.32. The molecule has 0 fully saturated rings. The third-order valence-corrected chi connectivity index (χ3v) is 2.54. The van der Waals surface area contributed by atoms with E-state index in [2.05, 4.69) is 0 Å². The normalized spacial score (nSPS) is 12.3. The Morgan fingerprint density at radius 2 is 2.25 bits per heavy atom. The van der Waals surface area contributed by atoms with Gasteiger partial charge in [0, 0.05) is 5.56 Å². The van der Waals surface area contributed by atoms with Gasteiger partial charge in [-0.25, -0.2) is 4.39 Å². The van der Waals surface area contributed by atoms with E-state index in [0.29, 0.717) is 0 Å². The zero-order valence-electron chi connectivity index (χ0n) is 8.75. The molecule has 0 aromatic heterocycles. The summed E-state index contributed by atoms with van der Waals surface area (Å²) in [5, 5.41) is 8.81. The number of halogens is 2. The first-order valence-corrected chi connectivity index (χ1v) is 4.78. The number of hydrogen-bond acceptors (Lipinski definition) is 3. The van der Waals surface area contributed by atoms with Crippen molar-refractivity contribution in [1.29, 1.82) is 0 Å². The van der Waals surface area contributed by atoms with Crippen LogP contribution in [0.1, 0.15) is 17.2 Å². The molecule has 88 valence electrons. The standard InChI is InChI=1S/C10H11ClFNO3/c1-4-6(12)3-5(11)9(16-2)7(4)8(13)10(14)15/h3,8H,13H2,1-2H3,(H,14,15). The molecule has 1 rings (SSSR count). The Hall–Kier alpha value is -1.33. The molecule has 6 heteroatoms. The van der Waals surface area contributed by atoms with Crippen molar-refractivity contribution < 1.29 is 19.0 Å². The Morgan fingerprint density at radius 1 is 1.69 bits per heavy atom. The Balaban J connectivity index is 3.50. The molecule has 16 heavy (non-hydrogen) atoms. The summed E-state index contributed by atoms with van der Waals surface area (Å²) >= 11 is 5.74. The van der Waals surface area contributed by atoms with Gasteiger partial charge in [-0.05, 0) is 18.6 Å². The SMILES string of the molecule is COc1c(Cl)cc(F)c(C)c1C(N)C(=O)O. The molecule has 0 saturated carbocycles. The summed E-state index contributed by atoms with van der Waals surface area (Å²) in [5.74, 6) is -1.80. The first-order chi connectivity index (χ1) is 7.40. The minimum Gasteiger partial charge on any atom is -0.495 e. The van der Waals surface area contributed by atoms with Crippen molar-refractivity contribution >= 4 is 17.6 Å². The van der Waals surface area contributed by atoms with Crippen LogP contribution in [0.15, 0.2) is 6.07 Å². The van der Waals surface area contributed by atoms with Gasteiger partial charge in [0.05, 0.1) is 12.1 Å². The van der Waals surface area contributed by atoms with E-state index < -0.39 is 17.8 Å². The fraction of sp³-hybridized carbons (Fsp3) is 0.300. The number of nitrogens with two attached hydrogens (primary N) is 1. The summed E-state index contributed by atoms with van der Waals surface area (Å²) in [5.41, 5.74) is 5.62. The zero-order chi connectivity index (χ0) is 12.5. The van der Waals surface area contributed by atoms with Crippen LogP contribution >= 0.6 is 11.6 Å². The molecule has 1 aromatic carbocycles. The average molecular weight is 248 g/mol. The fourth-order valence-corrected chi connectivity index (χ4v) is 1.69. The topological polar surface area (TPSA) is 72.5 Å². The number of carbonyl (C=O) groups is 1. The smallest absolute Gasteiger partial charge is 0.325 e. The molecule has 0 spiro atoms. The summed E-state index contributed by atoms with van der Waals surface area (Å²) in [4.78, 5) is 10.8. The van der Waals surface area contributed by atoms with Gasteiger partial charge >= 0.3 is 5.97 Å². The van der Waals surface area contributed by atoms with E-state index in [-0.39, 0.29) is 21.9 Å². The highest BCUT2D eigenvalue weighted by molar-refractivity contribution is 6.32. The number of aliphatic carboxylic acids is 1. The zero-order valence-corrected chi connectivity index (χ0v) is 9.51. The van der Waals surface area contributed by atoms with Gasteiger partial charge in [-0.15, -0.1) is 0 Å². The molecule has 3 N–H and O–H groups in total. The lowest BCUT2D eigenvalue weighted by molar-refractivity contribution is -0.138. The van der Waals surface area contributed by atoms with E-state index in [0.717, 1.165) is 6.07 Å². The first kappa shape index (κ1) is 12.7. The third kappa shape index (κ3) is 2.10. The molecule has 0 saturated heterocycles. The largest absolute Gasteiger partial charge is 0.495 e. The average Bonchev–Trinajstić information content (AvgIpc) is 2.21. The second-order valence-electron chi connectivity index (χ2n) is 3.23. The van der Waals surface area contributed by atoms with Gasteiger partial charge in [0.2, 0.25) is 0 Å². The van der Waals surface area contributed by atoms with Gasteiger partial charge in [-0.3, -0.25) is 4.79 Å². The van der Waals surface area contributed by atoms with E-state index in [1.165, 1.54) is 14.0 Å². The Morgan fingerprint density at radius 3 is 2.69 bits per heavy atom. The Labute approximate surface area is 96.8 Å². The van der Waals surface area contributed by atoms with Crippen LogP contribution in [-0.4, -0.2) is 18.2 Å². The van der Waals surface area contributed by atoms with Crippen molar-refractivity contribution in [3.63, 3.8) is 0 Å². The molecule has 0 aliphatic heterocycles. The number of carboxylic acids is 1. The van der Waals surface area contributed by atoms with Crippen LogP contribution in [0, 0.1) is 12.7 Å². The van der Waals surface area contributed by atoms with Gasteiger partial charge in [0.1, 0.15) is 17.6 Å². The van der Waals surface area contributed by atoms with Crippen molar-refractivity contribution in [3.05, 3.63) is 28.0 Å². The highest BCUT2D eigenvalue weighted by atomic mass is 35.5. The maximum atomic E-state index is 13.4. The summed E-state index contributed by atoms with van der Waals surface area (Å²) in [6.07, 6.45) is 0. The van der Waals surface area contributed by atoms with Crippen LogP contribution in [0.2, 0.25) is 5.02 Å². The maximum absolute atomic E-state index is 13.4. The molecule has 0 radical (unpaired) electrons. The molecule has 0 heterocycles. The van der Waals surface area contributed by atoms with E-state index in [4.69, 9.17) is 27.2 Å². The monoisotopic (exact) mass is 247 g/mol. The van der Waals surface area contributed by atoms with E-state index in [9.17, 15) is 9.18 Å². The van der Waals surface area contributed by atoms with E-state index >= 15 is 0 Å². The Bertz CT molecular complexity index is 437. The number of methoxy groups -OCH3 is 1. The lowest BCUT2D eigenvalue weighted by atomic mass is 10.00. The quantitative estimate of drug-likeness (QED) is 0.855. The minimum atomic E-state index is -1.37. The number of rotatable bonds is 3. The lowest BCUT2D eigenvalue weighted by Crippen LogP contribution is -2.23. The second-order valence-corrected chi connectivity index (χ2v) is 3.64. The van der Waals surface area contributed by atoms with Gasteiger partial charge < -0.3 is 15.6 Å². The van der Waals surface area contributed by atoms with Crippen molar-refractivity contribution in [1.82, 2.24) is 0 Å². The molecule has 0 aliphatic carbocycles. The van der Waals surface area contributed by atoms with Crippen molar-refractivity contribution in [3.8, 4) is 5.75 Å². The van der Waals surface area contributed by atoms with E-state index in [1.54, 1.807) is 0 Å². The van der Waals surface area contributed by atoms with Crippen LogP contribution in [-0.2, 0) is 4.79 Å². The molecule has 4 nitrogen and oxygen atoms in total. The van der Waals surface area contributed by atoms with E-state index in [1.807, 2.05) is 0 Å². The van der Waals surface area contributed by atoms with Gasteiger partial charge in [0.25, 0.3) is 0 Å². The lowest BCUT2D eigenvalue weighted by Gasteiger charge is -2.16. The molecule has 1 unspecified atom stereocenters. The van der Waals surface area contributed by atoms with Crippen LogP contribution in [0.25, 0.3) is 0 Å². The number of ether oxygens (including phenoxy) is 1. The number of hydrogen-bond donors (Lipinski definition) is 2. The van der Waals surface area contributed by atoms with Crippen LogP contribution in [0.3, 0.4) is 0 Å². The summed E-state index contributed by atoms with van der Waals surface area (Å²) in [6.45, 7) is 1.42. The summed E-state index contributed by atoms with van der Waals surface area (Å²) < 4.78 is 18.3. The summed E-state index contributed by atoms with van der Waals surface area (Å²) in [6, 6.07) is -0.309. The molecule has 1 aromatic rings. The van der Waals surface area contributed by atoms with Crippen molar-refractivity contribution in [2.24, 2.45) is 5.73 Å². The number of benzene rings is 1. The Kier molecular flexibility index (Phi) is 3.72. The highest BCUT2D eigenvalue weighted by Gasteiger charge is 2.25. The predicted molar refractivity (Wildman–Crippen MR) is 57.3 cm³/mol. The van der Waals surface area contributed by atoms with Gasteiger partial charge in [0.15, 0.2) is 0 Å². The molecule has 0 amide bonds. The highest BCUT2D eigenvalue weighted by Crippen LogP contribution is 2.36. The first-order valence-electron chi connectivity index (χ1n) is 4.41. The number of carboxylic acid groups (broad SMARTS) is 1. The maximum Gasteiger partial charge on any atom is 0.325 e. The van der Waals surface area contributed by atoms with Crippen molar-refractivity contribution in [2.45, 2.75) is 13.0 Å². The molecule has 1 atom stereocenters.